The van der Waals surface area contributed by atoms with E-state index in [1.165, 1.54) is 85.2 Å². The van der Waals surface area contributed by atoms with Crippen molar-refractivity contribution in [3.05, 3.63) is 224 Å². The lowest BCUT2D eigenvalue weighted by Crippen LogP contribution is -2.10. The second-order valence-corrected chi connectivity index (χ2v) is 17.4. The molecule has 0 radical (unpaired) electrons. The number of anilines is 3. The van der Waals surface area contributed by atoms with Crippen LogP contribution in [0.1, 0.15) is 0 Å². The SMILES string of the molecule is c1ccc(-c2ccc(N(c3ccc4c(c3)c3ccccc3c3ccccc3c3ccccc3c3c4ccc4c5ccccc5sc43)c3cccc4c3oc3ccccc34)cc2)cc1. The van der Waals surface area contributed by atoms with Gasteiger partial charge in [0, 0.05) is 47.7 Å². The van der Waals surface area contributed by atoms with E-state index in [-0.39, 0.29) is 0 Å². The van der Waals surface area contributed by atoms with Gasteiger partial charge in [-0.15, -0.1) is 11.3 Å². The fourth-order valence-electron chi connectivity index (χ4n) is 10.0. The van der Waals surface area contributed by atoms with Crippen molar-refractivity contribution in [1.82, 2.24) is 0 Å². The summed E-state index contributed by atoms with van der Waals surface area (Å²) in [4.78, 5) is 2.38. The Kier molecular flexibility index (Phi) is 8.12. The molecule has 0 aliphatic rings. The van der Waals surface area contributed by atoms with Crippen molar-refractivity contribution in [3.8, 4) is 11.1 Å². The molecule has 0 bridgehead atoms. The Hall–Kier alpha value is -7.98. The lowest BCUT2D eigenvalue weighted by Gasteiger charge is -2.26. The molecule has 0 aliphatic heterocycles. The third-order valence-corrected chi connectivity index (χ3v) is 14.1. The minimum atomic E-state index is 0.856. The quantitative estimate of drug-likeness (QED) is 0.176. The first-order valence-electron chi connectivity index (χ1n) is 21.5. The summed E-state index contributed by atoms with van der Waals surface area (Å²) in [7, 11) is 0. The normalized spacial score (nSPS) is 11.8. The highest BCUT2D eigenvalue weighted by Crippen LogP contribution is 2.47. The molecule has 2 nitrogen and oxygen atoms in total. The van der Waals surface area contributed by atoms with Gasteiger partial charge < -0.3 is 9.32 Å². The first kappa shape index (κ1) is 35.7. The monoisotopic (exact) mass is 819 g/mol. The number of hydrogen-bond donors (Lipinski definition) is 0. The zero-order chi connectivity index (χ0) is 41.4. The van der Waals surface area contributed by atoms with Crippen molar-refractivity contribution < 1.29 is 4.42 Å². The minimum absolute atomic E-state index is 0.856. The van der Waals surface area contributed by atoms with Gasteiger partial charge >= 0.3 is 0 Å². The smallest absolute Gasteiger partial charge is 0.159 e. The van der Waals surface area contributed by atoms with Gasteiger partial charge in [-0.2, -0.15) is 0 Å². The van der Waals surface area contributed by atoms with E-state index in [9.17, 15) is 0 Å². The molecule has 11 aromatic carbocycles. The van der Waals surface area contributed by atoms with Crippen LogP contribution in [0.25, 0.3) is 107 Å². The van der Waals surface area contributed by atoms with Gasteiger partial charge in [0.15, 0.2) is 5.58 Å². The zero-order valence-electron chi connectivity index (χ0n) is 34.1. The number of para-hydroxylation sites is 2. The fourth-order valence-corrected chi connectivity index (χ4v) is 11.3. The van der Waals surface area contributed by atoms with E-state index in [4.69, 9.17) is 4.42 Å². The lowest BCUT2D eigenvalue weighted by molar-refractivity contribution is 0.669. The summed E-state index contributed by atoms with van der Waals surface area (Å²) in [5.74, 6) is 0. The average molecular weight is 820 g/mol. The molecule has 294 valence electrons. The fraction of sp³-hybridized carbons (Fsp3) is 0. The number of fused-ring (bicyclic) bond motifs is 17. The molecule has 0 saturated heterocycles. The topological polar surface area (TPSA) is 16.4 Å². The standard InChI is InChI=1S/C60H37NOS/c1-2-15-38(16-3-1)39-29-31-40(32-30-39)61(55-26-14-25-52-48-22-10-12-27-56(48)62-59(52)55)41-33-34-47-51-35-36-53-49-23-11-13-28-57(49)63-60(53)58(51)50-24-9-8-20-45(50)43-18-5-4-17-42(43)44-19-6-7-21-46(44)54(47)37-41/h1-37H. The van der Waals surface area contributed by atoms with E-state index in [0.717, 1.165) is 39.0 Å². The molecule has 0 atom stereocenters. The van der Waals surface area contributed by atoms with Crippen LogP contribution in [0.2, 0.25) is 0 Å². The third kappa shape index (κ3) is 5.64. The molecule has 0 unspecified atom stereocenters. The highest BCUT2D eigenvalue weighted by Gasteiger charge is 2.21. The van der Waals surface area contributed by atoms with Crippen LogP contribution in [-0.2, 0) is 0 Å². The molecule has 0 spiro atoms. The summed E-state index contributed by atoms with van der Waals surface area (Å²) in [6, 6.07) is 81.9. The van der Waals surface area contributed by atoms with Crippen LogP contribution in [0.15, 0.2) is 229 Å². The Bertz CT molecular complexity index is 4030. The average Bonchev–Trinajstić information content (AvgIpc) is 3.93. The van der Waals surface area contributed by atoms with Crippen molar-refractivity contribution in [1.29, 1.82) is 0 Å². The van der Waals surface area contributed by atoms with Crippen molar-refractivity contribution >= 4 is 124 Å². The van der Waals surface area contributed by atoms with Crippen LogP contribution in [0.4, 0.5) is 17.1 Å². The minimum Gasteiger partial charge on any atom is -0.454 e. The van der Waals surface area contributed by atoms with E-state index in [0.29, 0.717) is 0 Å². The second-order valence-electron chi connectivity index (χ2n) is 16.3. The van der Waals surface area contributed by atoms with Crippen molar-refractivity contribution in [3.63, 3.8) is 0 Å². The van der Waals surface area contributed by atoms with Gasteiger partial charge in [0.25, 0.3) is 0 Å². The summed E-state index contributed by atoms with van der Waals surface area (Å²) in [5.41, 5.74) is 7.16. The summed E-state index contributed by atoms with van der Waals surface area (Å²) < 4.78 is 9.38. The maximum Gasteiger partial charge on any atom is 0.159 e. The maximum atomic E-state index is 6.78. The predicted octanol–water partition coefficient (Wildman–Crippen LogP) is 18.0. The van der Waals surface area contributed by atoms with Crippen molar-refractivity contribution in [2.75, 3.05) is 4.90 Å². The first-order valence-corrected chi connectivity index (χ1v) is 22.3. The molecule has 63 heavy (non-hydrogen) atoms. The summed E-state index contributed by atoms with van der Waals surface area (Å²) in [6.45, 7) is 0. The van der Waals surface area contributed by atoms with Crippen LogP contribution in [0.3, 0.4) is 0 Å². The number of benzene rings is 10. The van der Waals surface area contributed by atoms with Gasteiger partial charge in [-0.25, -0.2) is 0 Å². The van der Waals surface area contributed by atoms with Crippen LogP contribution in [0.5, 0.6) is 0 Å². The molecule has 2 heterocycles. The summed E-state index contributed by atoms with van der Waals surface area (Å²) in [6.07, 6.45) is 0. The Balaban J connectivity index is 1.20. The zero-order valence-corrected chi connectivity index (χ0v) is 34.9. The second kappa shape index (κ2) is 14.3. The predicted molar refractivity (Wildman–Crippen MR) is 272 cm³/mol. The molecule has 13 rings (SSSR count). The van der Waals surface area contributed by atoms with Crippen LogP contribution < -0.4 is 4.90 Å². The Labute approximate surface area is 367 Å². The largest absolute Gasteiger partial charge is 0.454 e. The molecular weight excluding hydrogens is 783 g/mol. The number of nitrogens with zero attached hydrogens (tertiary/aromatic N) is 1. The van der Waals surface area contributed by atoms with Crippen LogP contribution in [0, 0.1) is 0 Å². The van der Waals surface area contributed by atoms with E-state index < -0.39 is 0 Å². The Morgan fingerprint density at radius 2 is 0.810 bits per heavy atom. The molecule has 0 fully saturated rings. The van der Waals surface area contributed by atoms with Gasteiger partial charge in [-0.3, -0.25) is 0 Å². The van der Waals surface area contributed by atoms with E-state index in [1.807, 2.05) is 17.4 Å². The summed E-state index contributed by atoms with van der Waals surface area (Å²) >= 11 is 1.90. The highest BCUT2D eigenvalue weighted by atomic mass is 32.1. The van der Waals surface area contributed by atoms with Crippen LogP contribution >= 0.6 is 11.3 Å². The molecule has 13 aromatic rings. The lowest BCUT2D eigenvalue weighted by atomic mass is 9.93. The summed E-state index contributed by atoms with van der Waals surface area (Å²) in [5, 5.41) is 16.9. The van der Waals surface area contributed by atoms with Gasteiger partial charge in [0.05, 0.1) is 5.69 Å². The highest BCUT2D eigenvalue weighted by molar-refractivity contribution is 7.26. The van der Waals surface area contributed by atoms with E-state index >= 15 is 0 Å². The maximum absolute atomic E-state index is 6.78. The third-order valence-electron chi connectivity index (χ3n) is 12.9. The van der Waals surface area contributed by atoms with Gasteiger partial charge in [-0.1, -0.05) is 182 Å². The van der Waals surface area contributed by atoms with Gasteiger partial charge in [0.1, 0.15) is 5.58 Å². The number of thiophene rings is 1. The molecule has 0 saturated carbocycles. The molecule has 0 amide bonds. The van der Waals surface area contributed by atoms with E-state index in [1.54, 1.807) is 0 Å². The van der Waals surface area contributed by atoms with Gasteiger partial charge in [0.2, 0.25) is 0 Å². The van der Waals surface area contributed by atoms with Crippen molar-refractivity contribution in [2.24, 2.45) is 0 Å². The molecule has 0 N–H and O–H groups in total. The molecule has 2 aromatic heterocycles. The molecule has 0 aliphatic carbocycles. The van der Waals surface area contributed by atoms with Crippen LogP contribution in [-0.4, -0.2) is 0 Å². The van der Waals surface area contributed by atoms with Crippen molar-refractivity contribution in [2.45, 2.75) is 0 Å². The molecular formula is C60H37NOS. The number of hydrogen-bond acceptors (Lipinski definition) is 3. The number of rotatable bonds is 4. The Morgan fingerprint density at radius 1 is 0.317 bits per heavy atom. The first-order chi connectivity index (χ1) is 31.3. The van der Waals surface area contributed by atoms with Gasteiger partial charge in [-0.05, 0) is 102 Å². The Morgan fingerprint density at radius 3 is 1.54 bits per heavy atom. The molecule has 3 heteroatoms. The van der Waals surface area contributed by atoms with E-state index in [2.05, 4.69) is 223 Å². The number of furan rings is 1.